The van der Waals surface area contributed by atoms with Gasteiger partial charge in [0.15, 0.2) is 5.13 Å². The molecule has 2 aromatic heterocycles. The summed E-state index contributed by atoms with van der Waals surface area (Å²) in [5, 5.41) is 3.98. The number of carbonyl (C=O) groups is 1. The number of para-hydroxylation sites is 2. The Kier molecular flexibility index (Phi) is 3.17. The van der Waals surface area contributed by atoms with Crippen LogP contribution in [0.5, 0.6) is 0 Å². The zero-order valence-electron chi connectivity index (χ0n) is 11.9. The van der Waals surface area contributed by atoms with Gasteiger partial charge in [0.2, 0.25) is 0 Å². The number of benzene rings is 2. The normalized spacial score (nSPS) is 11.0. The van der Waals surface area contributed by atoms with E-state index < -0.39 is 11.5 Å². The summed E-state index contributed by atoms with van der Waals surface area (Å²) in [5.41, 5.74) is 1.18. The van der Waals surface area contributed by atoms with Crippen molar-refractivity contribution in [3.05, 3.63) is 70.5 Å². The summed E-state index contributed by atoms with van der Waals surface area (Å²) >= 11 is 1.37. The van der Waals surface area contributed by atoms with Gasteiger partial charge in [0, 0.05) is 5.52 Å². The van der Waals surface area contributed by atoms with Crippen LogP contribution in [0.3, 0.4) is 0 Å². The lowest BCUT2D eigenvalue weighted by atomic mass is 10.1. The highest BCUT2D eigenvalue weighted by Gasteiger charge is 2.14. The Morgan fingerprint density at radius 1 is 1.09 bits per heavy atom. The molecule has 0 aliphatic carbocycles. The average molecular weight is 321 g/mol. The van der Waals surface area contributed by atoms with Crippen molar-refractivity contribution in [1.29, 1.82) is 0 Å². The molecule has 2 heterocycles. The number of fused-ring (bicyclic) bond motifs is 2. The van der Waals surface area contributed by atoms with E-state index in [1.807, 2.05) is 42.5 Å². The van der Waals surface area contributed by atoms with Gasteiger partial charge in [-0.1, -0.05) is 41.7 Å². The van der Waals surface area contributed by atoms with Crippen molar-refractivity contribution in [3.63, 3.8) is 0 Å². The summed E-state index contributed by atoms with van der Waals surface area (Å²) in [4.78, 5) is 31.6. The number of aromatic amines is 1. The quantitative estimate of drug-likeness (QED) is 0.594. The molecule has 0 radical (unpaired) electrons. The highest BCUT2D eigenvalue weighted by molar-refractivity contribution is 7.22. The molecule has 4 aromatic rings. The number of carbonyl (C=O) groups excluding carboxylic acids is 1. The minimum atomic E-state index is -0.462. The van der Waals surface area contributed by atoms with Crippen LogP contribution in [0, 0.1) is 0 Å². The molecule has 6 heteroatoms. The fraction of sp³-hybridized carbons (Fsp3) is 0. The second kappa shape index (κ2) is 5.33. The van der Waals surface area contributed by atoms with Crippen LogP contribution in [0.4, 0.5) is 5.13 Å². The molecule has 0 bridgehead atoms. The van der Waals surface area contributed by atoms with Crippen LogP contribution in [-0.4, -0.2) is 15.9 Å². The van der Waals surface area contributed by atoms with Gasteiger partial charge in [-0.3, -0.25) is 14.9 Å². The molecule has 4 rings (SSSR count). The van der Waals surface area contributed by atoms with Gasteiger partial charge < -0.3 is 4.98 Å². The second-order valence-electron chi connectivity index (χ2n) is 5.04. The van der Waals surface area contributed by atoms with Crippen LogP contribution in [0.1, 0.15) is 10.4 Å². The molecule has 0 spiro atoms. The number of rotatable bonds is 2. The molecule has 2 aromatic carbocycles. The van der Waals surface area contributed by atoms with E-state index in [0.717, 1.165) is 15.6 Å². The molecule has 23 heavy (non-hydrogen) atoms. The Bertz CT molecular complexity index is 1060. The molecular weight excluding hydrogens is 310 g/mol. The summed E-state index contributed by atoms with van der Waals surface area (Å²) in [5.74, 6) is -0.462. The smallest absolute Gasteiger partial charge is 0.263 e. The van der Waals surface area contributed by atoms with E-state index in [-0.39, 0.29) is 5.56 Å². The van der Waals surface area contributed by atoms with Gasteiger partial charge in [0.1, 0.15) is 5.56 Å². The summed E-state index contributed by atoms with van der Waals surface area (Å²) in [7, 11) is 0. The first kappa shape index (κ1) is 13.7. The van der Waals surface area contributed by atoms with Crippen LogP contribution in [0.15, 0.2) is 59.4 Å². The van der Waals surface area contributed by atoms with Crippen molar-refractivity contribution in [2.75, 3.05) is 5.32 Å². The first-order valence-electron chi connectivity index (χ1n) is 7.00. The van der Waals surface area contributed by atoms with Gasteiger partial charge in [-0.05, 0) is 29.7 Å². The van der Waals surface area contributed by atoms with Crippen molar-refractivity contribution >= 4 is 43.5 Å². The topological polar surface area (TPSA) is 74.8 Å². The standard InChI is InChI=1S/C17H11N3O2S/c21-15-11(9-10-5-1-2-6-12(10)18-15)16(22)20-17-19-13-7-3-4-8-14(13)23-17/h1-9H,(H,18,21)(H,19,20,22). The third-order valence-electron chi connectivity index (χ3n) is 3.51. The number of nitrogens with one attached hydrogen (secondary N) is 2. The minimum Gasteiger partial charge on any atom is -0.321 e. The third kappa shape index (κ3) is 2.49. The van der Waals surface area contributed by atoms with Gasteiger partial charge >= 0.3 is 0 Å². The van der Waals surface area contributed by atoms with Gasteiger partial charge in [-0.2, -0.15) is 0 Å². The molecule has 112 valence electrons. The summed E-state index contributed by atoms with van der Waals surface area (Å²) in [6.45, 7) is 0. The second-order valence-corrected chi connectivity index (χ2v) is 6.07. The Morgan fingerprint density at radius 2 is 1.87 bits per heavy atom. The maximum absolute atomic E-state index is 12.4. The number of amides is 1. The van der Waals surface area contributed by atoms with Gasteiger partial charge in [0.05, 0.1) is 10.2 Å². The van der Waals surface area contributed by atoms with Crippen molar-refractivity contribution in [3.8, 4) is 0 Å². The molecule has 2 N–H and O–H groups in total. The Labute approximate surface area is 134 Å². The highest BCUT2D eigenvalue weighted by atomic mass is 32.1. The zero-order valence-corrected chi connectivity index (χ0v) is 12.7. The third-order valence-corrected chi connectivity index (χ3v) is 4.46. The SMILES string of the molecule is O=C(Nc1nc2ccccc2s1)c1cc2ccccc2[nH]c1=O. The zero-order chi connectivity index (χ0) is 15.8. The molecule has 5 nitrogen and oxygen atoms in total. The minimum absolute atomic E-state index is 0.0722. The largest absolute Gasteiger partial charge is 0.321 e. The summed E-state index contributed by atoms with van der Waals surface area (Å²) in [6, 6.07) is 16.6. The van der Waals surface area contributed by atoms with E-state index in [9.17, 15) is 9.59 Å². The highest BCUT2D eigenvalue weighted by Crippen LogP contribution is 2.25. The predicted molar refractivity (Wildman–Crippen MR) is 92.1 cm³/mol. The average Bonchev–Trinajstić information content (AvgIpc) is 2.96. The lowest BCUT2D eigenvalue weighted by molar-refractivity contribution is 0.102. The van der Waals surface area contributed by atoms with Crippen molar-refractivity contribution in [2.45, 2.75) is 0 Å². The molecule has 0 aliphatic heterocycles. The molecular formula is C17H11N3O2S. The van der Waals surface area contributed by atoms with Crippen LogP contribution in [0.2, 0.25) is 0 Å². The van der Waals surface area contributed by atoms with Crippen molar-refractivity contribution in [2.24, 2.45) is 0 Å². The fourth-order valence-corrected chi connectivity index (χ4v) is 3.27. The lowest BCUT2D eigenvalue weighted by Gasteiger charge is -2.03. The van der Waals surface area contributed by atoms with E-state index >= 15 is 0 Å². The maximum atomic E-state index is 12.4. The molecule has 0 unspecified atom stereocenters. The first-order chi connectivity index (χ1) is 11.2. The Morgan fingerprint density at radius 3 is 2.74 bits per heavy atom. The van der Waals surface area contributed by atoms with E-state index in [0.29, 0.717) is 10.6 Å². The maximum Gasteiger partial charge on any atom is 0.263 e. The number of H-pyrrole nitrogens is 1. The fourth-order valence-electron chi connectivity index (χ4n) is 2.41. The monoisotopic (exact) mass is 321 g/mol. The number of aromatic nitrogens is 2. The number of hydrogen-bond acceptors (Lipinski definition) is 4. The molecule has 0 saturated heterocycles. The molecule has 0 atom stereocenters. The van der Waals surface area contributed by atoms with Crippen LogP contribution in [0.25, 0.3) is 21.1 Å². The van der Waals surface area contributed by atoms with Gasteiger partial charge in [-0.15, -0.1) is 0 Å². The van der Waals surface area contributed by atoms with Gasteiger partial charge in [-0.25, -0.2) is 4.98 Å². The number of anilines is 1. The van der Waals surface area contributed by atoms with Crippen LogP contribution >= 0.6 is 11.3 Å². The van der Waals surface area contributed by atoms with E-state index in [4.69, 9.17) is 0 Å². The van der Waals surface area contributed by atoms with E-state index in [1.54, 1.807) is 12.1 Å². The number of thiazole rings is 1. The van der Waals surface area contributed by atoms with Crippen LogP contribution < -0.4 is 10.9 Å². The van der Waals surface area contributed by atoms with Crippen molar-refractivity contribution < 1.29 is 4.79 Å². The summed E-state index contributed by atoms with van der Waals surface area (Å²) in [6.07, 6.45) is 0. The van der Waals surface area contributed by atoms with Gasteiger partial charge in [0.25, 0.3) is 11.5 Å². The Hall–Kier alpha value is -2.99. The molecule has 0 fully saturated rings. The predicted octanol–water partition coefficient (Wildman–Crippen LogP) is 3.39. The Balaban J connectivity index is 1.71. The molecule has 1 amide bonds. The summed E-state index contributed by atoms with van der Waals surface area (Å²) < 4.78 is 0.982. The van der Waals surface area contributed by atoms with E-state index in [1.165, 1.54) is 11.3 Å². The molecule has 0 aliphatic rings. The number of pyridine rings is 1. The van der Waals surface area contributed by atoms with Crippen molar-refractivity contribution in [1.82, 2.24) is 9.97 Å². The first-order valence-corrected chi connectivity index (χ1v) is 7.81. The number of hydrogen-bond donors (Lipinski definition) is 2. The number of nitrogens with zero attached hydrogens (tertiary/aromatic N) is 1. The molecule has 0 saturated carbocycles. The van der Waals surface area contributed by atoms with Crippen LogP contribution in [-0.2, 0) is 0 Å². The lowest BCUT2D eigenvalue weighted by Crippen LogP contribution is -2.22. The van der Waals surface area contributed by atoms with E-state index in [2.05, 4.69) is 15.3 Å².